The zero-order chi connectivity index (χ0) is 36.6. The van der Waals surface area contributed by atoms with Crippen LogP contribution in [0.1, 0.15) is 22.3 Å². The molecule has 0 aliphatic rings. The predicted molar refractivity (Wildman–Crippen MR) is 172 cm³/mol. The fraction of sp³-hybridized carbons (Fsp3) is 0.105. The number of nitriles is 2. The van der Waals surface area contributed by atoms with Gasteiger partial charge in [0.15, 0.2) is 0 Å². The van der Waals surface area contributed by atoms with E-state index in [9.17, 15) is 50.0 Å². The van der Waals surface area contributed by atoms with Gasteiger partial charge in [-0.15, -0.1) is 0 Å². The third kappa shape index (κ3) is 5.70. The summed E-state index contributed by atoms with van der Waals surface area (Å²) in [4.78, 5) is 7.98. The van der Waals surface area contributed by atoms with Crippen LogP contribution in [0.5, 0.6) is 0 Å². The van der Waals surface area contributed by atoms with Crippen molar-refractivity contribution in [2.24, 2.45) is 9.98 Å². The molecular formula is C38H17F9N4. The van der Waals surface area contributed by atoms with Crippen LogP contribution in [-0.2, 0) is 18.5 Å². The van der Waals surface area contributed by atoms with E-state index in [2.05, 4.69) is 9.98 Å². The second kappa shape index (κ2) is 11.4. The van der Waals surface area contributed by atoms with Gasteiger partial charge in [0.05, 0.1) is 27.4 Å². The summed E-state index contributed by atoms with van der Waals surface area (Å²) in [5, 5.41) is 23.4. The molecule has 0 heterocycles. The smallest absolute Gasteiger partial charge is 0.172 e. The van der Waals surface area contributed by atoms with Crippen molar-refractivity contribution >= 4 is 43.1 Å². The summed E-state index contributed by atoms with van der Waals surface area (Å²) in [6.07, 6.45) is -11.2. The van der Waals surface area contributed by atoms with E-state index in [0.717, 1.165) is 12.1 Å². The van der Waals surface area contributed by atoms with Crippen LogP contribution in [0.4, 0.5) is 39.5 Å². The molecule has 51 heavy (non-hydrogen) atoms. The Hall–Kier alpha value is -6.21. The average molecular weight is 701 g/mol. The third-order valence-corrected chi connectivity index (χ3v) is 8.78. The van der Waals surface area contributed by atoms with Gasteiger partial charge >= 0.3 is 18.5 Å². The molecule has 0 unspecified atom stereocenters. The molecule has 0 fully saturated rings. The van der Waals surface area contributed by atoms with Crippen LogP contribution in [0.25, 0.3) is 65.3 Å². The van der Waals surface area contributed by atoms with E-state index in [1.54, 1.807) is 55.7 Å². The van der Waals surface area contributed by atoms with Crippen molar-refractivity contribution in [3.05, 3.63) is 118 Å². The molecule has 13 heteroatoms. The molecule has 0 bridgehead atoms. The van der Waals surface area contributed by atoms with Crippen molar-refractivity contribution < 1.29 is 39.5 Å². The highest BCUT2D eigenvalue weighted by atomic mass is 19.4. The SMILES string of the molecule is Cc1cc(-c2ccc3c(c2)c(=NC#N)c2cc4c(=NC#N)c5cc(-c6cc(C(F)(F)F)cc(C(F)(F)F)c6)ccc5c4cc23)cc(C(F)(F)F)c1. The Kier molecular flexibility index (Phi) is 7.46. The van der Waals surface area contributed by atoms with Crippen LogP contribution in [-0.4, -0.2) is 0 Å². The minimum absolute atomic E-state index is 0.0192. The Morgan fingerprint density at radius 2 is 0.784 bits per heavy atom. The minimum atomic E-state index is -5.05. The normalized spacial score (nSPS) is 13.5. The van der Waals surface area contributed by atoms with Gasteiger partial charge in [0.1, 0.15) is 0 Å². The lowest BCUT2D eigenvalue weighted by molar-refractivity contribution is -0.143. The summed E-state index contributed by atoms with van der Waals surface area (Å²) in [6.45, 7) is 1.55. The highest BCUT2D eigenvalue weighted by Gasteiger charge is 2.37. The number of aryl methyl sites for hydroxylation is 1. The van der Waals surface area contributed by atoms with Gasteiger partial charge in [-0.2, -0.15) is 60.0 Å². The third-order valence-electron chi connectivity index (χ3n) is 8.78. The van der Waals surface area contributed by atoms with E-state index >= 15 is 0 Å². The highest BCUT2D eigenvalue weighted by molar-refractivity contribution is 6.21. The standard InChI is InChI=1S/C38H17F9N4/c1-18-6-21(8-23(7-18)36(39,40)41)19-2-4-26-28-14-29-27-5-3-20(22-9-24(37(42,43)44)13-25(10-22)38(45,46)47)12-31(27)35(51-17-49)33(29)15-32(28)34(50-16-48)30(26)11-19/h2-15H,1H3. The number of hydrogen-bond acceptors (Lipinski definition) is 4. The number of halogens is 9. The zero-order valence-electron chi connectivity index (χ0n) is 25.8. The van der Waals surface area contributed by atoms with E-state index in [4.69, 9.17) is 0 Å². The van der Waals surface area contributed by atoms with Crippen LogP contribution in [0.15, 0.2) is 94.9 Å². The largest absolute Gasteiger partial charge is 0.416 e. The Bertz CT molecular complexity index is 2770. The molecular weight excluding hydrogens is 683 g/mol. The van der Waals surface area contributed by atoms with Gasteiger partial charge in [-0.1, -0.05) is 30.3 Å². The second-order valence-electron chi connectivity index (χ2n) is 12.0. The Morgan fingerprint density at radius 1 is 0.412 bits per heavy atom. The van der Waals surface area contributed by atoms with E-state index < -0.39 is 35.2 Å². The Balaban J connectivity index is 1.48. The van der Waals surface area contributed by atoms with Crippen molar-refractivity contribution in [3.8, 4) is 34.6 Å². The van der Waals surface area contributed by atoms with Crippen molar-refractivity contribution in [1.29, 1.82) is 10.5 Å². The van der Waals surface area contributed by atoms with Crippen LogP contribution in [0.3, 0.4) is 0 Å². The van der Waals surface area contributed by atoms with Crippen LogP contribution in [0, 0.1) is 29.8 Å². The van der Waals surface area contributed by atoms with Gasteiger partial charge < -0.3 is 0 Å². The molecule has 7 aromatic carbocycles. The van der Waals surface area contributed by atoms with Crippen molar-refractivity contribution in [1.82, 2.24) is 0 Å². The van der Waals surface area contributed by atoms with Crippen LogP contribution < -0.4 is 10.7 Å². The number of nitrogens with zero attached hydrogens (tertiary/aromatic N) is 4. The van der Waals surface area contributed by atoms with Crippen molar-refractivity contribution in [2.75, 3.05) is 0 Å². The molecule has 0 atom stereocenters. The van der Waals surface area contributed by atoms with Crippen molar-refractivity contribution in [3.63, 3.8) is 0 Å². The first-order valence-electron chi connectivity index (χ1n) is 14.9. The lowest BCUT2D eigenvalue weighted by Gasteiger charge is -2.14. The van der Waals surface area contributed by atoms with Crippen LogP contribution >= 0.6 is 0 Å². The van der Waals surface area contributed by atoms with Crippen LogP contribution in [0.2, 0.25) is 0 Å². The topological polar surface area (TPSA) is 72.3 Å². The lowest BCUT2D eigenvalue weighted by atomic mass is 9.97. The van der Waals surface area contributed by atoms with Gasteiger partial charge in [0.2, 0.25) is 12.4 Å². The first-order valence-corrected chi connectivity index (χ1v) is 14.9. The fourth-order valence-electron chi connectivity index (χ4n) is 6.61. The molecule has 0 N–H and O–H groups in total. The van der Waals surface area contributed by atoms with Gasteiger partial charge in [0, 0.05) is 21.5 Å². The average Bonchev–Trinajstić information content (AvgIpc) is 3.53. The zero-order valence-corrected chi connectivity index (χ0v) is 25.8. The molecule has 0 saturated carbocycles. The molecule has 0 aliphatic heterocycles. The van der Waals surface area contributed by atoms with E-state index in [0.29, 0.717) is 66.5 Å². The first-order chi connectivity index (χ1) is 24.0. The maximum absolute atomic E-state index is 13.6. The van der Waals surface area contributed by atoms with Gasteiger partial charge in [0.25, 0.3) is 0 Å². The maximum Gasteiger partial charge on any atom is 0.416 e. The van der Waals surface area contributed by atoms with Crippen molar-refractivity contribution in [2.45, 2.75) is 25.5 Å². The van der Waals surface area contributed by atoms with Gasteiger partial charge in [-0.3, -0.25) is 0 Å². The summed E-state index contributed by atoms with van der Waals surface area (Å²) in [7, 11) is 0. The fourth-order valence-corrected chi connectivity index (χ4v) is 6.61. The molecule has 0 aliphatic carbocycles. The molecule has 0 spiro atoms. The molecule has 0 radical (unpaired) electrons. The Morgan fingerprint density at radius 3 is 1.20 bits per heavy atom. The van der Waals surface area contributed by atoms with Gasteiger partial charge in [-0.05, 0) is 111 Å². The van der Waals surface area contributed by atoms with E-state index in [1.807, 2.05) is 0 Å². The van der Waals surface area contributed by atoms with E-state index in [1.165, 1.54) is 18.2 Å². The minimum Gasteiger partial charge on any atom is -0.172 e. The molecule has 4 nitrogen and oxygen atoms in total. The molecule has 7 aromatic rings. The summed E-state index contributed by atoms with van der Waals surface area (Å²) in [5.41, 5.74) is -2.96. The monoisotopic (exact) mass is 700 g/mol. The quantitative estimate of drug-likeness (QED) is 0.133. The maximum atomic E-state index is 13.6. The number of alkyl halides is 9. The molecule has 252 valence electrons. The summed E-state index contributed by atoms with van der Waals surface area (Å²) >= 11 is 0. The van der Waals surface area contributed by atoms with Gasteiger partial charge in [-0.25, -0.2) is 0 Å². The summed E-state index contributed by atoms with van der Waals surface area (Å²) in [5.74, 6) is 0. The highest BCUT2D eigenvalue weighted by Crippen LogP contribution is 2.41. The second-order valence-corrected chi connectivity index (χ2v) is 12.0. The number of rotatable bonds is 2. The molecule has 7 rings (SSSR count). The molecule has 0 saturated heterocycles. The number of hydrogen-bond donors (Lipinski definition) is 0. The number of fused-ring (bicyclic) bond motifs is 6. The number of benzene rings is 5. The van der Waals surface area contributed by atoms with E-state index in [-0.39, 0.29) is 33.3 Å². The Labute approximate surface area is 281 Å². The first kappa shape index (κ1) is 33.3. The summed E-state index contributed by atoms with van der Waals surface area (Å²) < 4.78 is 122. The summed E-state index contributed by atoms with van der Waals surface area (Å²) in [6, 6.07) is 17.6. The molecule has 0 aromatic heterocycles. The predicted octanol–water partition coefficient (Wildman–Crippen LogP) is 10.6. The molecule has 0 amide bonds. The lowest BCUT2D eigenvalue weighted by Crippen LogP contribution is -2.11.